The molecule has 0 aromatic heterocycles. The van der Waals surface area contributed by atoms with Crippen molar-refractivity contribution in [2.45, 2.75) is 39.7 Å². The first kappa shape index (κ1) is 16.3. The molecular formula is C18H23NO3. The van der Waals surface area contributed by atoms with Crippen LogP contribution < -0.4 is 5.32 Å². The molecule has 0 aliphatic heterocycles. The maximum absolute atomic E-state index is 12.5. The van der Waals surface area contributed by atoms with Gasteiger partial charge in [-0.05, 0) is 45.7 Å². The van der Waals surface area contributed by atoms with E-state index in [-0.39, 0.29) is 23.9 Å². The third-order valence-electron chi connectivity index (χ3n) is 3.74. The number of carbonyl (C=O) groups is 2. The number of hydrogen-bond acceptors (Lipinski definition) is 3. The first-order chi connectivity index (χ1) is 10.5. The van der Waals surface area contributed by atoms with Crippen molar-refractivity contribution in [1.82, 2.24) is 0 Å². The van der Waals surface area contributed by atoms with Crippen molar-refractivity contribution in [3.63, 3.8) is 0 Å². The van der Waals surface area contributed by atoms with E-state index in [1.807, 2.05) is 57.2 Å². The van der Waals surface area contributed by atoms with Gasteiger partial charge >= 0.3 is 5.97 Å². The highest BCUT2D eigenvalue weighted by Gasteiger charge is 2.35. The van der Waals surface area contributed by atoms with Gasteiger partial charge in [-0.15, -0.1) is 0 Å². The molecule has 1 aliphatic rings. The molecular weight excluding hydrogens is 278 g/mol. The third kappa shape index (κ3) is 4.20. The molecule has 1 aliphatic carbocycles. The molecule has 0 bridgehead atoms. The van der Waals surface area contributed by atoms with Crippen LogP contribution in [0, 0.1) is 18.8 Å². The number of esters is 1. The van der Waals surface area contributed by atoms with Crippen molar-refractivity contribution in [2.75, 3.05) is 5.32 Å². The van der Waals surface area contributed by atoms with E-state index >= 15 is 0 Å². The van der Waals surface area contributed by atoms with Crippen LogP contribution in [0.1, 0.15) is 32.3 Å². The summed E-state index contributed by atoms with van der Waals surface area (Å²) in [6.45, 7) is 5.63. The zero-order chi connectivity index (χ0) is 16.1. The molecule has 0 spiro atoms. The maximum atomic E-state index is 12.5. The van der Waals surface area contributed by atoms with Crippen LogP contribution in [0.5, 0.6) is 0 Å². The van der Waals surface area contributed by atoms with Crippen LogP contribution in [0.3, 0.4) is 0 Å². The Bertz CT molecular complexity index is 560. The van der Waals surface area contributed by atoms with Crippen molar-refractivity contribution in [3.8, 4) is 0 Å². The SMILES string of the molecule is Cc1ccc(NC(=O)[C@H]2CC=CC[C@H]2C(=O)OC(C)C)cc1. The molecule has 4 nitrogen and oxygen atoms in total. The lowest BCUT2D eigenvalue weighted by Gasteiger charge is -2.26. The van der Waals surface area contributed by atoms with Crippen LogP contribution in [0.25, 0.3) is 0 Å². The quantitative estimate of drug-likeness (QED) is 0.684. The predicted molar refractivity (Wildman–Crippen MR) is 86.4 cm³/mol. The van der Waals surface area contributed by atoms with Gasteiger partial charge in [0.15, 0.2) is 0 Å². The van der Waals surface area contributed by atoms with E-state index in [0.717, 1.165) is 11.3 Å². The summed E-state index contributed by atoms with van der Waals surface area (Å²) in [7, 11) is 0. The van der Waals surface area contributed by atoms with E-state index in [1.54, 1.807) is 0 Å². The molecule has 0 saturated heterocycles. The molecule has 4 heteroatoms. The Kier molecular flexibility index (Phi) is 5.36. The van der Waals surface area contributed by atoms with E-state index in [2.05, 4.69) is 5.32 Å². The van der Waals surface area contributed by atoms with Gasteiger partial charge in [0, 0.05) is 5.69 Å². The smallest absolute Gasteiger partial charge is 0.310 e. The molecule has 1 N–H and O–H groups in total. The number of carbonyl (C=O) groups excluding carboxylic acids is 2. The summed E-state index contributed by atoms with van der Waals surface area (Å²) in [5.74, 6) is -1.20. The molecule has 118 valence electrons. The van der Waals surface area contributed by atoms with Gasteiger partial charge in [-0.3, -0.25) is 9.59 Å². The standard InChI is InChI=1S/C18H23NO3/c1-12(2)22-18(21)16-7-5-4-6-15(16)17(20)19-14-10-8-13(3)9-11-14/h4-5,8-12,15-16H,6-7H2,1-3H3,(H,19,20)/t15-,16+/m0/s1. The van der Waals surface area contributed by atoms with Crippen molar-refractivity contribution >= 4 is 17.6 Å². The number of nitrogens with one attached hydrogen (secondary N) is 1. The summed E-state index contributed by atoms with van der Waals surface area (Å²) >= 11 is 0. The average Bonchev–Trinajstić information content (AvgIpc) is 2.49. The number of ether oxygens (including phenoxy) is 1. The second kappa shape index (κ2) is 7.25. The Balaban J connectivity index is 2.06. The fourth-order valence-electron chi connectivity index (χ4n) is 2.56. The van der Waals surface area contributed by atoms with Crippen LogP contribution in [-0.4, -0.2) is 18.0 Å². The van der Waals surface area contributed by atoms with Gasteiger partial charge in [-0.2, -0.15) is 0 Å². The van der Waals surface area contributed by atoms with Crippen LogP contribution in [0.4, 0.5) is 5.69 Å². The summed E-state index contributed by atoms with van der Waals surface area (Å²) in [6, 6.07) is 7.63. The van der Waals surface area contributed by atoms with E-state index < -0.39 is 5.92 Å². The van der Waals surface area contributed by atoms with Gasteiger partial charge in [0.2, 0.25) is 5.91 Å². The number of rotatable bonds is 4. The summed E-state index contributed by atoms with van der Waals surface area (Å²) in [5, 5.41) is 2.90. The lowest BCUT2D eigenvalue weighted by Crippen LogP contribution is -2.36. The van der Waals surface area contributed by atoms with Crippen molar-refractivity contribution in [2.24, 2.45) is 11.8 Å². The first-order valence-electron chi connectivity index (χ1n) is 7.70. The van der Waals surface area contributed by atoms with Crippen molar-refractivity contribution in [1.29, 1.82) is 0 Å². The fraction of sp³-hybridized carbons (Fsp3) is 0.444. The molecule has 1 aromatic carbocycles. The Morgan fingerprint density at radius 1 is 1.09 bits per heavy atom. The number of hydrogen-bond donors (Lipinski definition) is 1. The monoisotopic (exact) mass is 301 g/mol. The van der Waals surface area contributed by atoms with Gasteiger partial charge < -0.3 is 10.1 Å². The summed E-state index contributed by atoms with van der Waals surface area (Å²) in [4.78, 5) is 24.7. The number of aryl methyl sites for hydroxylation is 1. The highest BCUT2D eigenvalue weighted by molar-refractivity contribution is 5.95. The lowest BCUT2D eigenvalue weighted by molar-refractivity contribution is -0.156. The van der Waals surface area contributed by atoms with Crippen LogP contribution in [-0.2, 0) is 14.3 Å². The molecule has 0 fully saturated rings. The van der Waals surface area contributed by atoms with Gasteiger partial charge in [0.1, 0.15) is 0 Å². The molecule has 0 unspecified atom stereocenters. The Hall–Kier alpha value is -2.10. The Morgan fingerprint density at radius 3 is 2.27 bits per heavy atom. The minimum Gasteiger partial charge on any atom is -0.463 e. The lowest BCUT2D eigenvalue weighted by atomic mass is 9.82. The highest BCUT2D eigenvalue weighted by Crippen LogP contribution is 2.28. The topological polar surface area (TPSA) is 55.4 Å². The van der Waals surface area contributed by atoms with E-state index in [4.69, 9.17) is 4.74 Å². The van der Waals surface area contributed by atoms with Gasteiger partial charge in [0.25, 0.3) is 0 Å². The summed E-state index contributed by atoms with van der Waals surface area (Å²) in [5.41, 5.74) is 1.89. The normalized spacial score (nSPS) is 20.7. The van der Waals surface area contributed by atoms with Crippen LogP contribution in [0.15, 0.2) is 36.4 Å². The molecule has 0 radical (unpaired) electrons. The molecule has 0 heterocycles. The second-order valence-corrected chi connectivity index (χ2v) is 6.00. The summed E-state index contributed by atoms with van der Waals surface area (Å²) in [6.07, 6.45) is 4.85. The highest BCUT2D eigenvalue weighted by atomic mass is 16.5. The number of allylic oxidation sites excluding steroid dienone is 2. The molecule has 1 aromatic rings. The molecule has 2 rings (SSSR count). The zero-order valence-electron chi connectivity index (χ0n) is 13.3. The minimum atomic E-state index is -0.405. The van der Waals surface area contributed by atoms with Crippen molar-refractivity contribution in [3.05, 3.63) is 42.0 Å². The van der Waals surface area contributed by atoms with Gasteiger partial charge in [-0.1, -0.05) is 29.8 Å². The third-order valence-corrected chi connectivity index (χ3v) is 3.74. The zero-order valence-corrected chi connectivity index (χ0v) is 13.3. The maximum Gasteiger partial charge on any atom is 0.310 e. The van der Waals surface area contributed by atoms with Gasteiger partial charge in [-0.25, -0.2) is 0 Å². The number of anilines is 1. The molecule has 0 saturated carbocycles. The first-order valence-corrected chi connectivity index (χ1v) is 7.70. The Labute approximate surface area is 131 Å². The summed E-state index contributed by atoms with van der Waals surface area (Å²) < 4.78 is 5.28. The van der Waals surface area contributed by atoms with E-state index in [9.17, 15) is 9.59 Å². The van der Waals surface area contributed by atoms with E-state index in [0.29, 0.717) is 12.8 Å². The molecule has 2 atom stereocenters. The van der Waals surface area contributed by atoms with Crippen LogP contribution >= 0.6 is 0 Å². The van der Waals surface area contributed by atoms with Crippen molar-refractivity contribution < 1.29 is 14.3 Å². The second-order valence-electron chi connectivity index (χ2n) is 6.00. The number of amides is 1. The fourth-order valence-corrected chi connectivity index (χ4v) is 2.56. The average molecular weight is 301 g/mol. The largest absolute Gasteiger partial charge is 0.463 e. The predicted octanol–water partition coefficient (Wildman–Crippen LogP) is 3.47. The van der Waals surface area contributed by atoms with Crippen LogP contribution in [0.2, 0.25) is 0 Å². The molecule has 1 amide bonds. The Morgan fingerprint density at radius 2 is 1.68 bits per heavy atom. The molecule has 22 heavy (non-hydrogen) atoms. The minimum absolute atomic E-state index is 0.126. The van der Waals surface area contributed by atoms with Gasteiger partial charge in [0.05, 0.1) is 17.9 Å². The van der Waals surface area contributed by atoms with E-state index in [1.165, 1.54) is 0 Å². The number of benzene rings is 1.